The van der Waals surface area contributed by atoms with Crippen molar-refractivity contribution in [1.82, 2.24) is 0 Å². The van der Waals surface area contributed by atoms with Gasteiger partial charge in [-0.1, -0.05) is 49.4 Å². The first kappa shape index (κ1) is 17.5. The molecule has 0 saturated carbocycles. The van der Waals surface area contributed by atoms with E-state index < -0.39 is 0 Å². The fourth-order valence-electron chi connectivity index (χ4n) is 3.89. The highest BCUT2D eigenvalue weighted by atomic mass is 16.1. The predicted molar refractivity (Wildman–Crippen MR) is 106 cm³/mol. The van der Waals surface area contributed by atoms with Crippen molar-refractivity contribution in [3.8, 4) is 0 Å². The number of ketones is 1. The highest BCUT2D eigenvalue weighted by molar-refractivity contribution is 5.91. The van der Waals surface area contributed by atoms with E-state index >= 15 is 0 Å². The Morgan fingerprint density at radius 3 is 2.60 bits per heavy atom. The van der Waals surface area contributed by atoms with Crippen LogP contribution in [0.1, 0.15) is 56.7 Å². The summed E-state index contributed by atoms with van der Waals surface area (Å²) < 4.78 is 0. The predicted octanol–water partition coefficient (Wildman–Crippen LogP) is 5.58. The third kappa shape index (κ3) is 3.84. The number of carbonyl (C=O) groups excluding carboxylic acids is 1. The molecule has 2 aromatic carbocycles. The van der Waals surface area contributed by atoms with Crippen LogP contribution in [0, 0.1) is 0 Å². The van der Waals surface area contributed by atoms with Gasteiger partial charge in [-0.05, 0) is 68.0 Å². The van der Waals surface area contributed by atoms with E-state index in [9.17, 15) is 4.79 Å². The van der Waals surface area contributed by atoms with E-state index in [-0.39, 0.29) is 11.3 Å². The number of anilines is 1. The monoisotopic (exact) mass is 333 g/mol. The molecule has 2 heteroatoms. The maximum absolute atomic E-state index is 11.2. The van der Waals surface area contributed by atoms with Crippen LogP contribution in [0.2, 0.25) is 0 Å². The van der Waals surface area contributed by atoms with E-state index in [0.29, 0.717) is 5.92 Å². The summed E-state index contributed by atoms with van der Waals surface area (Å²) in [6.07, 6.45) is 4.67. The van der Waals surface area contributed by atoms with Crippen LogP contribution in [0.25, 0.3) is 6.08 Å². The third-order valence-electron chi connectivity index (χ3n) is 5.10. The van der Waals surface area contributed by atoms with Crippen molar-refractivity contribution in [2.24, 2.45) is 0 Å². The van der Waals surface area contributed by atoms with Gasteiger partial charge in [0.2, 0.25) is 0 Å². The van der Waals surface area contributed by atoms with Gasteiger partial charge in [0.15, 0.2) is 5.78 Å². The normalized spacial score (nSPS) is 19.0. The topological polar surface area (TPSA) is 20.3 Å². The van der Waals surface area contributed by atoms with E-state index in [1.54, 1.807) is 13.0 Å². The maximum atomic E-state index is 11.2. The van der Waals surface area contributed by atoms with Gasteiger partial charge in [0, 0.05) is 17.8 Å². The lowest BCUT2D eigenvalue weighted by Crippen LogP contribution is -2.47. The van der Waals surface area contributed by atoms with E-state index in [4.69, 9.17) is 0 Å². The standard InChI is InChI=1S/C23H27NO/c1-17-15-23(3,4)24(16-20-8-6-5-7-9-20)22-13-12-19(14-21(17)22)11-10-18(2)25/h5-14,17H,15-16H2,1-4H3/b11-10+/t17-/m1/s1. The van der Waals surface area contributed by atoms with Crippen molar-refractivity contribution in [3.05, 3.63) is 71.3 Å². The first-order valence-electron chi connectivity index (χ1n) is 9.01. The lowest BCUT2D eigenvalue weighted by Gasteiger charge is -2.47. The molecule has 2 aromatic rings. The second-order valence-electron chi connectivity index (χ2n) is 7.75. The Bertz CT molecular complexity index is 789. The summed E-state index contributed by atoms with van der Waals surface area (Å²) in [6.45, 7) is 9.47. The highest BCUT2D eigenvalue weighted by Crippen LogP contribution is 2.44. The van der Waals surface area contributed by atoms with Crippen molar-refractivity contribution in [3.63, 3.8) is 0 Å². The van der Waals surface area contributed by atoms with Gasteiger partial charge in [-0.25, -0.2) is 0 Å². The van der Waals surface area contributed by atoms with E-state index in [1.165, 1.54) is 16.8 Å². The molecule has 0 radical (unpaired) electrons. The quantitative estimate of drug-likeness (QED) is 0.681. The van der Waals surface area contributed by atoms with Gasteiger partial charge in [0.1, 0.15) is 0 Å². The van der Waals surface area contributed by atoms with Gasteiger partial charge in [-0.3, -0.25) is 4.79 Å². The molecule has 0 spiro atoms. The number of fused-ring (bicyclic) bond motifs is 1. The lowest BCUT2D eigenvalue weighted by atomic mass is 9.79. The van der Waals surface area contributed by atoms with Crippen molar-refractivity contribution in [2.75, 3.05) is 4.90 Å². The zero-order valence-corrected chi connectivity index (χ0v) is 15.6. The summed E-state index contributed by atoms with van der Waals surface area (Å²) in [5, 5.41) is 0. The smallest absolute Gasteiger partial charge is 0.152 e. The second kappa shape index (κ2) is 6.87. The van der Waals surface area contributed by atoms with Gasteiger partial charge in [-0.2, -0.15) is 0 Å². The minimum absolute atomic E-state index is 0.0811. The lowest BCUT2D eigenvalue weighted by molar-refractivity contribution is -0.112. The van der Waals surface area contributed by atoms with Crippen molar-refractivity contribution < 1.29 is 4.79 Å². The summed E-state index contributed by atoms with van der Waals surface area (Å²) >= 11 is 0. The molecule has 0 unspecified atom stereocenters. The van der Waals surface area contributed by atoms with Crippen molar-refractivity contribution in [1.29, 1.82) is 0 Å². The third-order valence-corrected chi connectivity index (χ3v) is 5.10. The number of hydrogen-bond donors (Lipinski definition) is 0. The van der Waals surface area contributed by atoms with Crippen molar-refractivity contribution >= 4 is 17.5 Å². The number of rotatable bonds is 4. The Morgan fingerprint density at radius 2 is 1.92 bits per heavy atom. The SMILES string of the molecule is CC(=O)/C=C/c1ccc2c(c1)[C@H](C)CC(C)(C)N2Cc1ccccc1. The number of carbonyl (C=O) groups is 1. The van der Waals surface area contributed by atoms with Crippen LogP contribution in [0.15, 0.2) is 54.6 Å². The molecular formula is C23H27NO. The molecule has 2 nitrogen and oxygen atoms in total. The summed E-state index contributed by atoms with van der Waals surface area (Å²) in [7, 11) is 0. The van der Waals surface area contributed by atoms with Crippen LogP contribution in [-0.4, -0.2) is 11.3 Å². The minimum atomic E-state index is 0.0811. The van der Waals surface area contributed by atoms with Gasteiger partial charge in [0.25, 0.3) is 0 Å². The fourth-order valence-corrected chi connectivity index (χ4v) is 3.89. The van der Waals surface area contributed by atoms with Gasteiger partial charge in [0.05, 0.1) is 0 Å². The number of benzene rings is 2. The maximum Gasteiger partial charge on any atom is 0.152 e. The molecular weight excluding hydrogens is 306 g/mol. The molecule has 0 N–H and O–H groups in total. The Balaban J connectivity index is 1.99. The molecule has 0 aliphatic carbocycles. The summed E-state index contributed by atoms with van der Waals surface area (Å²) in [5.41, 5.74) is 5.23. The molecule has 25 heavy (non-hydrogen) atoms. The van der Waals surface area contributed by atoms with Crippen molar-refractivity contribution in [2.45, 2.75) is 52.1 Å². The molecule has 0 fully saturated rings. The van der Waals surface area contributed by atoms with Crippen LogP contribution in [-0.2, 0) is 11.3 Å². The minimum Gasteiger partial charge on any atom is -0.362 e. The van der Waals surface area contributed by atoms with E-state index in [2.05, 4.69) is 74.2 Å². The molecule has 0 amide bonds. The largest absolute Gasteiger partial charge is 0.362 e. The van der Waals surface area contributed by atoms with Crippen LogP contribution >= 0.6 is 0 Å². The molecule has 130 valence electrons. The van der Waals surface area contributed by atoms with E-state index in [0.717, 1.165) is 18.5 Å². The number of nitrogens with zero attached hydrogens (tertiary/aromatic N) is 1. The number of hydrogen-bond acceptors (Lipinski definition) is 2. The van der Waals surface area contributed by atoms with Crippen LogP contribution < -0.4 is 4.90 Å². The average Bonchev–Trinajstić information content (AvgIpc) is 2.57. The molecule has 1 atom stereocenters. The van der Waals surface area contributed by atoms with Crippen LogP contribution in [0.5, 0.6) is 0 Å². The Hall–Kier alpha value is -2.35. The molecule has 1 heterocycles. The molecule has 1 aliphatic heterocycles. The first-order chi connectivity index (χ1) is 11.9. The molecule has 0 saturated heterocycles. The highest BCUT2D eigenvalue weighted by Gasteiger charge is 2.36. The zero-order chi connectivity index (χ0) is 18.0. The summed E-state index contributed by atoms with van der Waals surface area (Å²) in [4.78, 5) is 13.7. The summed E-state index contributed by atoms with van der Waals surface area (Å²) in [6, 6.07) is 17.2. The first-order valence-corrected chi connectivity index (χ1v) is 9.01. The summed E-state index contributed by atoms with van der Waals surface area (Å²) in [5.74, 6) is 0.584. The average molecular weight is 333 g/mol. The van der Waals surface area contributed by atoms with Gasteiger partial charge >= 0.3 is 0 Å². The van der Waals surface area contributed by atoms with Gasteiger partial charge in [-0.15, -0.1) is 0 Å². The van der Waals surface area contributed by atoms with Gasteiger partial charge < -0.3 is 4.90 Å². The molecule has 0 aromatic heterocycles. The van der Waals surface area contributed by atoms with E-state index in [1.807, 2.05) is 6.08 Å². The second-order valence-corrected chi connectivity index (χ2v) is 7.75. The van der Waals surface area contributed by atoms with Crippen LogP contribution in [0.4, 0.5) is 5.69 Å². The Labute approximate surface area is 151 Å². The molecule has 3 rings (SSSR count). The zero-order valence-electron chi connectivity index (χ0n) is 15.6. The number of allylic oxidation sites excluding steroid dienone is 1. The molecule has 1 aliphatic rings. The fraction of sp³-hybridized carbons (Fsp3) is 0.348. The Kier molecular flexibility index (Phi) is 4.80. The Morgan fingerprint density at radius 1 is 1.20 bits per heavy atom. The van der Waals surface area contributed by atoms with Crippen LogP contribution in [0.3, 0.4) is 0 Å². The molecule has 0 bridgehead atoms.